The number of hydrogen-bond donors (Lipinski definition) is 2. The van der Waals surface area contributed by atoms with Gasteiger partial charge in [0.2, 0.25) is 0 Å². The van der Waals surface area contributed by atoms with Crippen LogP contribution in [-0.4, -0.2) is 67.7 Å². The fraction of sp³-hybridized carbons (Fsp3) is 1.00. The van der Waals surface area contributed by atoms with Gasteiger partial charge < -0.3 is 20.1 Å². The second-order valence-electron chi connectivity index (χ2n) is 9.91. The summed E-state index contributed by atoms with van der Waals surface area (Å²) in [6.45, 7) is 5.37. The van der Waals surface area contributed by atoms with E-state index in [1.54, 1.807) is 0 Å². The summed E-state index contributed by atoms with van der Waals surface area (Å²) in [6.07, 6.45) is 11.1. The molecule has 7 rings (SSSR count). The third-order valence-corrected chi connectivity index (χ3v) is 8.00. The van der Waals surface area contributed by atoms with E-state index in [2.05, 4.69) is 15.5 Å². The van der Waals surface area contributed by atoms with E-state index in [0.717, 1.165) is 57.0 Å². The minimum Gasteiger partial charge on any atom is -0.375 e. The Morgan fingerprint density at radius 3 is 2.24 bits per heavy atom. The van der Waals surface area contributed by atoms with E-state index >= 15 is 0 Å². The fourth-order valence-corrected chi connectivity index (χ4v) is 7.17. The molecule has 0 spiro atoms. The summed E-state index contributed by atoms with van der Waals surface area (Å²) < 4.78 is 12.0. The van der Waals surface area contributed by atoms with Crippen LogP contribution in [0.25, 0.3) is 0 Å². The minimum absolute atomic E-state index is 0.367. The predicted octanol–water partition coefficient (Wildman–Crippen LogP) is 1.33. The molecule has 3 heterocycles. The molecule has 4 aliphatic carbocycles. The van der Waals surface area contributed by atoms with Crippen molar-refractivity contribution in [2.45, 2.75) is 75.0 Å². The van der Waals surface area contributed by atoms with E-state index in [1.807, 2.05) is 0 Å². The van der Waals surface area contributed by atoms with Crippen LogP contribution in [0.1, 0.15) is 44.9 Å². The van der Waals surface area contributed by atoms with Crippen molar-refractivity contribution in [2.75, 3.05) is 32.8 Å². The van der Waals surface area contributed by atoms with Crippen molar-refractivity contribution in [1.82, 2.24) is 15.5 Å². The standard InChI is InChI=1S/C20H33N3O2/c1-3-23(4-2-21-1)19-18(25-19)8-17-16(12-24-17)22-20-9-13-5-14(10-20)7-15(6-13)11-20/h13-19,21-22H,1-12H2. The summed E-state index contributed by atoms with van der Waals surface area (Å²) in [7, 11) is 0. The normalized spacial score (nSPS) is 54.5. The van der Waals surface area contributed by atoms with Crippen LogP contribution in [-0.2, 0) is 9.47 Å². The number of hydrogen-bond acceptors (Lipinski definition) is 5. The minimum atomic E-state index is 0.367. The summed E-state index contributed by atoms with van der Waals surface area (Å²) >= 11 is 0. The summed E-state index contributed by atoms with van der Waals surface area (Å²) in [5.41, 5.74) is 0.462. The second kappa shape index (κ2) is 5.90. The zero-order chi connectivity index (χ0) is 16.4. The van der Waals surface area contributed by atoms with Gasteiger partial charge in [0.1, 0.15) is 12.3 Å². The summed E-state index contributed by atoms with van der Waals surface area (Å²) in [4.78, 5) is 2.50. The number of rotatable bonds is 5. The van der Waals surface area contributed by atoms with Crippen LogP contribution in [0.4, 0.5) is 0 Å². The average molecular weight is 348 g/mol. The first-order chi connectivity index (χ1) is 12.3. The van der Waals surface area contributed by atoms with Gasteiger partial charge in [0, 0.05) is 38.1 Å². The van der Waals surface area contributed by atoms with E-state index in [1.165, 1.54) is 38.5 Å². The monoisotopic (exact) mass is 347 g/mol. The van der Waals surface area contributed by atoms with E-state index in [-0.39, 0.29) is 0 Å². The first-order valence-electron chi connectivity index (χ1n) is 10.8. The van der Waals surface area contributed by atoms with Gasteiger partial charge in [-0.1, -0.05) is 0 Å². The molecule has 4 bridgehead atoms. The molecule has 4 atom stereocenters. The summed E-state index contributed by atoms with van der Waals surface area (Å²) in [5.74, 6) is 3.05. The average Bonchev–Trinajstić information content (AvgIpc) is 3.36. The van der Waals surface area contributed by atoms with Gasteiger partial charge in [-0.2, -0.15) is 0 Å². The Kier molecular flexibility index (Phi) is 3.73. The highest BCUT2D eigenvalue weighted by atomic mass is 16.6. The molecule has 0 radical (unpaired) electrons. The highest BCUT2D eigenvalue weighted by molar-refractivity contribution is 5.09. The Morgan fingerprint density at radius 1 is 0.960 bits per heavy atom. The Bertz CT molecular complexity index is 486. The van der Waals surface area contributed by atoms with Crippen molar-refractivity contribution in [3.05, 3.63) is 0 Å². The highest BCUT2D eigenvalue weighted by Gasteiger charge is 2.54. The Morgan fingerprint density at radius 2 is 1.64 bits per heavy atom. The second-order valence-corrected chi connectivity index (χ2v) is 9.91. The molecule has 25 heavy (non-hydrogen) atoms. The van der Waals surface area contributed by atoms with E-state index in [9.17, 15) is 0 Å². The van der Waals surface area contributed by atoms with Crippen molar-refractivity contribution in [1.29, 1.82) is 0 Å². The van der Waals surface area contributed by atoms with Gasteiger partial charge in [-0.15, -0.1) is 0 Å². The lowest BCUT2D eigenvalue weighted by Gasteiger charge is -2.59. The number of piperazine rings is 1. The fourth-order valence-electron chi connectivity index (χ4n) is 7.17. The lowest BCUT2D eigenvalue weighted by Crippen LogP contribution is -2.67. The smallest absolute Gasteiger partial charge is 0.137 e. The predicted molar refractivity (Wildman–Crippen MR) is 95.3 cm³/mol. The molecule has 4 unspecified atom stereocenters. The van der Waals surface area contributed by atoms with Crippen LogP contribution in [0.2, 0.25) is 0 Å². The van der Waals surface area contributed by atoms with Gasteiger partial charge >= 0.3 is 0 Å². The molecule has 2 N–H and O–H groups in total. The molecule has 4 saturated carbocycles. The van der Waals surface area contributed by atoms with Gasteiger partial charge in [-0.05, 0) is 56.3 Å². The van der Waals surface area contributed by atoms with E-state index in [0.29, 0.717) is 30.0 Å². The van der Waals surface area contributed by atoms with E-state index in [4.69, 9.17) is 9.47 Å². The molecule has 5 heteroatoms. The molecular weight excluding hydrogens is 314 g/mol. The van der Waals surface area contributed by atoms with Crippen molar-refractivity contribution in [2.24, 2.45) is 17.8 Å². The van der Waals surface area contributed by atoms with E-state index < -0.39 is 0 Å². The van der Waals surface area contributed by atoms with Gasteiger partial charge in [-0.3, -0.25) is 4.90 Å². The number of nitrogens with one attached hydrogen (secondary N) is 2. The highest BCUT2D eigenvalue weighted by Crippen LogP contribution is 2.56. The van der Waals surface area contributed by atoms with Crippen LogP contribution in [0.3, 0.4) is 0 Å². The van der Waals surface area contributed by atoms with Gasteiger partial charge in [-0.25, -0.2) is 0 Å². The number of nitrogens with zero attached hydrogens (tertiary/aromatic N) is 1. The summed E-state index contributed by atoms with van der Waals surface area (Å²) in [5, 5.41) is 7.56. The molecular formula is C20H33N3O2. The van der Waals surface area contributed by atoms with Gasteiger partial charge in [0.05, 0.1) is 18.8 Å². The molecule has 0 aromatic carbocycles. The lowest BCUT2D eigenvalue weighted by atomic mass is 9.53. The zero-order valence-corrected chi connectivity index (χ0v) is 15.3. The third kappa shape index (κ3) is 2.87. The van der Waals surface area contributed by atoms with Crippen molar-refractivity contribution in [3.63, 3.8) is 0 Å². The Balaban J connectivity index is 1.04. The van der Waals surface area contributed by atoms with Crippen LogP contribution in [0.15, 0.2) is 0 Å². The molecule has 7 fully saturated rings. The van der Waals surface area contributed by atoms with Gasteiger partial charge in [0.25, 0.3) is 0 Å². The first kappa shape index (κ1) is 15.8. The molecule has 3 aliphatic heterocycles. The molecule has 0 aromatic heterocycles. The van der Waals surface area contributed by atoms with Crippen molar-refractivity contribution < 1.29 is 9.47 Å². The number of ether oxygens (including phenoxy) is 2. The zero-order valence-electron chi connectivity index (χ0n) is 15.3. The maximum Gasteiger partial charge on any atom is 0.137 e. The van der Waals surface area contributed by atoms with Crippen molar-refractivity contribution >= 4 is 0 Å². The quantitative estimate of drug-likeness (QED) is 0.735. The topological polar surface area (TPSA) is 49.1 Å². The molecule has 0 aromatic rings. The van der Waals surface area contributed by atoms with Crippen molar-refractivity contribution in [3.8, 4) is 0 Å². The van der Waals surface area contributed by atoms with Crippen LogP contribution >= 0.6 is 0 Å². The van der Waals surface area contributed by atoms with Crippen LogP contribution in [0, 0.1) is 17.8 Å². The Labute approximate surface area is 151 Å². The Hall–Kier alpha value is -0.200. The largest absolute Gasteiger partial charge is 0.375 e. The number of epoxide rings is 1. The lowest BCUT2D eigenvalue weighted by molar-refractivity contribution is -0.121. The third-order valence-electron chi connectivity index (χ3n) is 8.00. The van der Waals surface area contributed by atoms with Crippen LogP contribution in [0.5, 0.6) is 0 Å². The summed E-state index contributed by atoms with van der Waals surface area (Å²) in [6, 6.07) is 0.573. The molecule has 7 aliphatic rings. The van der Waals surface area contributed by atoms with Crippen LogP contribution < -0.4 is 10.6 Å². The molecule has 3 saturated heterocycles. The first-order valence-corrected chi connectivity index (χ1v) is 10.8. The maximum absolute atomic E-state index is 6.00. The molecule has 140 valence electrons. The molecule has 0 amide bonds. The molecule has 5 nitrogen and oxygen atoms in total. The SMILES string of the molecule is C1CN(C2OC2CC2OCC2NC23CC4CC(CC(C4)C2)C3)CCN1. The maximum atomic E-state index is 6.00. The van der Waals surface area contributed by atoms with Gasteiger partial charge in [0.15, 0.2) is 0 Å².